The van der Waals surface area contributed by atoms with E-state index in [1.807, 2.05) is 37.3 Å². The number of hydrogen-bond donors (Lipinski definition) is 1. The third-order valence-corrected chi connectivity index (χ3v) is 6.88. The second kappa shape index (κ2) is 9.32. The minimum atomic E-state index is -3.72. The van der Waals surface area contributed by atoms with Crippen molar-refractivity contribution < 1.29 is 32.3 Å². The Labute approximate surface area is 179 Å². The summed E-state index contributed by atoms with van der Waals surface area (Å²) < 4.78 is 48.5. The third-order valence-electron chi connectivity index (χ3n) is 4.89. The number of nitrogens with zero attached hydrogens (tertiary/aromatic N) is 1. The fourth-order valence-corrected chi connectivity index (χ4v) is 4.87. The Morgan fingerprint density at radius 2 is 1.94 bits per heavy atom. The fourth-order valence-electron chi connectivity index (χ4n) is 3.22. The summed E-state index contributed by atoms with van der Waals surface area (Å²) in [6, 6.07) is 13.5. The maximum atomic E-state index is 14.5. The molecule has 1 atom stereocenters. The lowest BCUT2D eigenvalue weighted by Crippen LogP contribution is -2.13. The average molecular weight is 447 g/mol. The molecule has 1 aromatic heterocycles. The molecule has 2 aromatic carbocycles. The van der Waals surface area contributed by atoms with Gasteiger partial charge in [0.1, 0.15) is 5.76 Å². The number of aromatic nitrogens is 1. The number of rotatable bonds is 7. The lowest BCUT2D eigenvalue weighted by molar-refractivity contribution is 0.104. The average Bonchev–Trinajstić information content (AvgIpc) is 3.16. The van der Waals surface area contributed by atoms with Crippen molar-refractivity contribution in [3.63, 3.8) is 0 Å². The molecule has 1 aliphatic rings. The number of oxazole rings is 1. The molecule has 2 heterocycles. The first-order chi connectivity index (χ1) is 15.0. The van der Waals surface area contributed by atoms with Crippen LogP contribution < -0.4 is 4.74 Å². The molecular formula is C22H23FNO6P. The van der Waals surface area contributed by atoms with E-state index >= 15 is 0 Å². The van der Waals surface area contributed by atoms with Gasteiger partial charge in [-0.05, 0) is 43.2 Å². The zero-order valence-electron chi connectivity index (χ0n) is 17.0. The van der Waals surface area contributed by atoms with Crippen molar-refractivity contribution >= 4 is 7.60 Å². The van der Waals surface area contributed by atoms with Crippen LogP contribution in [-0.4, -0.2) is 29.9 Å². The first kappa shape index (κ1) is 21.7. The Morgan fingerprint density at radius 1 is 1.19 bits per heavy atom. The minimum Gasteiger partial charge on any atom is -0.490 e. The summed E-state index contributed by atoms with van der Waals surface area (Å²) in [6.45, 7) is 2.46. The van der Waals surface area contributed by atoms with Gasteiger partial charge in [-0.2, -0.15) is 0 Å². The topological polar surface area (TPSA) is 91.0 Å². The third kappa shape index (κ3) is 4.88. The van der Waals surface area contributed by atoms with Crippen molar-refractivity contribution in [3.05, 3.63) is 71.4 Å². The number of aliphatic hydroxyl groups excluding tert-OH is 1. The second-order valence-electron chi connectivity index (χ2n) is 7.11. The first-order valence-electron chi connectivity index (χ1n) is 9.97. The zero-order valence-corrected chi connectivity index (χ0v) is 17.9. The molecule has 0 spiro atoms. The summed E-state index contributed by atoms with van der Waals surface area (Å²) in [6.07, 6.45) is 1.03. The van der Waals surface area contributed by atoms with E-state index in [4.69, 9.17) is 18.2 Å². The lowest BCUT2D eigenvalue weighted by atomic mass is 10.2. The summed E-state index contributed by atoms with van der Waals surface area (Å²) in [4.78, 5) is 4.50. The van der Waals surface area contributed by atoms with Crippen molar-refractivity contribution in [2.24, 2.45) is 0 Å². The van der Waals surface area contributed by atoms with E-state index < -0.39 is 19.3 Å². The quantitative estimate of drug-likeness (QED) is 0.508. The van der Waals surface area contributed by atoms with Crippen molar-refractivity contribution in [1.29, 1.82) is 0 Å². The van der Waals surface area contributed by atoms with E-state index in [1.165, 1.54) is 12.1 Å². The standard InChI is InChI=1S/C22H23FNO6P/c1-15-19(24-21(30-15)16-6-3-2-4-7-16)10-13-27-20-9-8-17(14-18(20)23)22(25)31(26)28-11-5-12-29-31/h2-4,6-9,14,22,25H,5,10-13H2,1H3. The SMILES string of the molecule is Cc1oc(-c2ccccc2)nc1CCOc1ccc(C(O)P2(=O)OCCCO2)cc1F. The highest BCUT2D eigenvalue weighted by molar-refractivity contribution is 7.54. The highest BCUT2D eigenvalue weighted by atomic mass is 31.2. The predicted octanol–water partition coefficient (Wildman–Crippen LogP) is 5.03. The van der Waals surface area contributed by atoms with Crippen LogP contribution in [0, 0.1) is 12.7 Å². The largest absolute Gasteiger partial charge is 0.490 e. The van der Waals surface area contributed by atoms with Crippen LogP contribution in [0.15, 0.2) is 52.9 Å². The molecule has 0 radical (unpaired) electrons. The predicted molar refractivity (Wildman–Crippen MR) is 111 cm³/mol. The summed E-state index contributed by atoms with van der Waals surface area (Å²) in [5, 5.41) is 10.3. The van der Waals surface area contributed by atoms with Crippen LogP contribution in [0.1, 0.15) is 29.3 Å². The van der Waals surface area contributed by atoms with Crippen molar-refractivity contribution in [3.8, 4) is 17.2 Å². The second-order valence-corrected chi connectivity index (χ2v) is 9.19. The molecule has 0 amide bonds. The van der Waals surface area contributed by atoms with E-state index in [2.05, 4.69) is 4.98 Å². The summed E-state index contributed by atoms with van der Waals surface area (Å²) in [5.41, 5.74) is 1.72. The van der Waals surface area contributed by atoms with Crippen LogP contribution in [-0.2, 0) is 20.0 Å². The van der Waals surface area contributed by atoms with Gasteiger partial charge in [0, 0.05) is 12.0 Å². The Kier molecular flexibility index (Phi) is 6.53. The van der Waals surface area contributed by atoms with Gasteiger partial charge in [-0.3, -0.25) is 4.57 Å². The van der Waals surface area contributed by atoms with Crippen LogP contribution in [0.5, 0.6) is 5.75 Å². The van der Waals surface area contributed by atoms with Crippen molar-refractivity contribution in [2.75, 3.05) is 19.8 Å². The molecule has 0 aliphatic carbocycles. The number of benzene rings is 2. The van der Waals surface area contributed by atoms with E-state index in [9.17, 15) is 14.1 Å². The van der Waals surface area contributed by atoms with E-state index in [0.717, 1.165) is 17.3 Å². The molecule has 1 fully saturated rings. The van der Waals surface area contributed by atoms with Gasteiger partial charge in [-0.15, -0.1) is 0 Å². The molecule has 164 valence electrons. The van der Waals surface area contributed by atoms with E-state index in [-0.39, 0.29) is 31.1 Å². The molecule has 0 bridgehead atoms. The Bertz CT molecular complexity index is 1080. The molecule has 1 N–H and O–H groups in total. The summed E-state index contributed by atoms with van der Waals surface area (Å²) >= 11 is 0. The molecule has 1 unspecified atom stereocenters. The molecule has 31 heavy (non-hydrogen) atoms. The Hall–Kier alpha value is -2.51. The maximum absolute atomic E-state index is 14.5. The number of ether oxygens (including phenoxy) is 1. The van der Waals surface area contributed by atoms with Crippen LogP contribution in [0.2, 0.25) is 0 Å². The summed E-state index contributed by atoms with van der Waals surface area (Å²) in [7, 11) is -3.72. The van der Waals surface area contributed by atoms with E-state index in [0.29, 0.717) is 24.5 Å². The van der Waals surface area contributed by atoms with Crippen molar-refractivity contribution in [1.82, 2.24) is 4.98 Å². The fraction of sp³-hybridized carbons (Fsp3) is 0.318. The minimum absolute atomic E-state index is 0.0177. The van der Waals surface area contributed by atoms with E-state index in [1.54, 1.807) is 0 Å². The monoisotopic (exact) mass is 447 g/mol. The molecule has 1 aliphatic heterocycles. The highest BCUT2D eigenvalue weighted by Crippen LogP contribution is 2.61. The molecule has 3 aromatic rings. The molecule has 1 saturated heterocycles. The van der Waals surface area contributed by atoms with Gasteiger partial charge in [0.25, 0.3) is 0 Å². The van der Waals surface area contributed by atoms with Gasteiger partial charge in [-0.25, -0.2) is 9.37 Å². The number of halogens is 1. The van der Waals surface area contributed by atoms with Gasteiger partial charge in [0.05, 0.1) is 25.5 Å². The normalized spacial score (nSPS) is 16.7. The van der Waals surface area contributed by atoms with Crippen LogP contribution in [0.3, 0.4) is 0 Å². The van der Waals surface area contributed by atoms with Gasteiger partial charge in [0.2, 0.25) is 5.89 Å². The van der Waals surface area contributed by atoms with Gasteiger partial charge in [0.15, 0.2) is 17.4 Å². The van der Waals surface area contributed by atoms with Crippen LogP contribution in [0.25, 0.3) is 11.5 Å². The number of hydrogen-bond acceptors (Lipinski definition) is 7. The zero-order chi connectivity index (χ0) is 21.8. The lowest BCUT2D eigenvalue weighted by Gasteiger charge is -2.27. The first-order valence-corrected chi connectivity index (χ1v) is 11.6. The maximum Gasteiger partial charge on any atom is 0.363 e. The van der Waals surface area contributed by atoms with Gasteiger partial charge in [-0.1, -0.05) is 24.3 Å². The molecule has 7 nitrogen and oxygen atoms in total. The molecule has 0 saturated carbocycles. The van der Waals surface area contributed by atoms with Gasteiger partial charge < -0.3 is 23.3 Å². The van der Waals surface area contributed by atoms with Crippen LogP contribution in [0.4, 0.5) is 4.39 Å². The van der Waals surface area contributed by atoms with Crippen molar-refractivity contribution in [2.45, 2.75) is 25.6 Å². The Morgan fingerprint density at radius 3 is 2.65 bits per heavy atom. The molecule has 9 heteroatoms. The molecular weight excluding hydrogens is 424 g/mol. The van der Waals surface area contributed by atoms with Crippen LogP contribution >= 0.6 is 7.60 Å². The molecule has 4 rings (SSSR count). The summed E-state index contributed by atoms with van der Waals surface area (Å²) in [5.74, 6) is -1.00. The smallest absolute Gasteiger partial charge is 0.363 e. The highest BCUT2D eigenvalue weighted by Gasteiger charge is 2.38. The van der Waals surface area contributed by atoms with Gasteiger partial charge >= 0.3 is 7.60 Å². The Balaban J connectivity index is 1.38. The number of aliphatic hydroxyl groups is 1. The number of aryl methyl sites for hydroxylation is 1.